The summed E-state index contributed by atoms with van der Waals surface area (Å²) in [6.07, 6.45) is 0. The van der Waals surface area contributed by atoms with Crippen LogP contribution in [0.2, 0.25) is 0 Å². The number of rotatable bonds is 2. The lowest BCUT2D eigenvalue weighted by molar-refractivity contribution is 0.794. The molecule has 0 atom stereocenters. The predicted octanol–water partition coefficient (Wildman–Crippen LogP) is 12.9. The van der Waals surface area contributed by atoms with Gasteiger partial charge in [-0.05, 0) is 114 Å². The molecule has 48 heavy (non-hydrogen) atoms. The van der Waals surface area contributed by atoms with Crippen molar-refractivity contribution in [2.24, 2.45) is 0 Å². The smallest absolute Gasteiger partial charge is 0.0725 e. The standard InChI is InChI=1S/C47H28S/c1-5-13-41-35(9-1)36-10-2-6-14-42(36)47(41)43-15-7-3-11-37(43)38-23-21-34(28-44(38)47)32-20-18-29-25-31(19-17-30(29)26-32)33-22-24-46-40(27-33)39-12-4-8-16-45(39)48-46/h1-28H. The zero-order valence-corrected chi connectivity index (χ0v) is 26.9. The molecule has 0 fully saturated rings. The van der Waals surface area contributed by atoms with Crippen LogP contribution in [0.5, 0.6) is 0 Å². The molecule has 0 aliphatic heterocycles. The fourth-order valence-electron chi connectivity index (χ4n) is 8.78. The summed E-state index contributed by atoms with van der Waals surface area (Å²) in [4.78, 5) is 0. The molecule has 0 N–H and O–H groups in total. The Morgan fingerprint density at radius 1 is 0.312 bits per heavy atom. The fourth-order valence-corrected chi connectivity index (χ4v) is 9.87. The molecule has 0 radical (unpaired) electrons. The topological polar surface area (TPSA) is 0 Å². The van der Waals surface area contributed by atoms with E-state index >= 15 is 0 Å². The molecule has 0 saturated heterocycles. The lowest BCUT2D eigenvalue weighted by atomic mass is 9.70. The minimum atomic E-state index is -0.324. The van der Waals surface area contributed by atoms with Crippen LogP contribution in [0.3, 0.4) is 0 Å². The first-order valence-electron chi connectivity index (χ1n) is 16.7. The van der Waals surface area contributed by atoms with Crippen LogP contribution in [-0.4, -0.2) is 0 Å². The first-order chi connectivity index (χ1) is 23.8. The molecular formula is C47H28S. The van der Waals surface area contributed by atoms with Gasteiger partial charge < -0.3 is 0 Å². The van der Waals surface area contributed by atoms with Gasteiger partial charge in [-0.1, -0.05) is 133 Å². The van der Waals surface area contributed by atoms with Crippen molar-refractivity contribution in [3.63, 3.8) is 0 Å². The summed E-state index contributed by atoms with van der Waals surface area (Å²) in [5, 5.41) is 5.20. The van der Waals surface area contributed by atoms with Crippen molar-refractivity contribution >= 4 is 42.3 Å². The Labute approximate surface area is 283 Å². The molecule has 0 amide bonds. The van der Waals surface area contributed by atoms with Crippen LogP contribution in [0.15, 0.2) is 170 Å². The van der Waals surface area contributed by atoms with Gasteiger partial charge in [0.1, 0.15) is 0 Å². The van der Waals surface area contributed by atoms with E-state index in [1.54, 1.807) is 0 Å². The van der Waals surface area contributed by atoms with E-state index in [0.29, 0.717) is 0 Å². The molecule has 1 heteroatoms. The summed E-state index contributed by atoms with van der Waals surface area (Å²) in [7, 11) is 0. The van der Waals surface area contributed by atoms with Crippen molar-refractivity contribution in [3.8, 4) is 44.5 Å². The average molecular weight is 625 g/mol. The monoisotopic (exact) mass is 624 g/mol. The van der Waals surface area contributed by atoms with Crippen LogP contribution in [0.4, 0.5) is 0 Å². The largest absolute Gasteiger partial charge is 0.135 e. The van der Waals surface area contributed by atoms with Crippen LogP contribution in [0.25, 0.3) is 75.5 Å². The Kier molecular flexibility index (Phi) is 5.29. The van der Waals surface area contributed by atoms with Crippen molar-refractivity contribution in [2.45, 2.75) is 5.41 Å². The Bertz CT molecular complexity index is 2730. The highest BCUT2D eigenvalue weighted by Gasteiger charge is 2.51. The van der Waals surface area contributed by atoms with E-state index in [1.165, 1.54) is 97.7 Å². The average Bonchev–Trinajstić information content (AvgIpc) is 3.78. The van der Waals surface area contributed by atoms with Gasteiger partial charge in [-0.15, -0.1) is 11.3 Å². The van der Waals surface area contributed by atoms with Crippen molar-refractivity contribution < 1.29 is 0 Å². The van der Waals surface area contributed by atoms with Gasteiger partial charge in [-0.3, -0.25) is 0 Å². The molecule has 0 nitrogen and oxygen atoms in total. The summed E-state index contributed by atoms with van der Waals surface area (Å²) >= 11 is 1.87. The van der Waals surface area contributed by atoms with Crippen LogP contribution < -0.4 is 0 Å². The maximum absolute atomic E-state index is 2.48. The van der Waals surface area contributed by atoms with Gasteiger partial charge >= 0.3 is 0 Å². The predicted molar refractivity (Wildman–Crippen MR) is 204 cm³/mol. The Hall–Kier alpha value is -5.76. The van der Waals surface area contributed by atoms with E-state index in [4.69, 9.17) is 0 Å². The van der Waals surface area contributed by atoms with E-state index in [1.807, 2.05) is 11.3 Å². The van der Waals surface area contributed by atoms with Crippen LogP contribution in [-0.2, 0) is 5.41 Å². The molecule has 1 spiro atoms. The molecule has 0 unspecified atom stereocenters. The van der Waals surface area contributed by atoms with E-state index in [9.17, 15) is 0 Å². The molecular weight excluding hydrogens is 597 g/mol. The second kappa shape index (κ2) is 9.64. The molecule has 8 aromatic carbocycles. The fraction of sp³-hybridized carbons (Fsp3) is 0.0213. The SMILES string of the molecule is c1ccc2c(c1)-c1ccccc1C21c2ccccc2-c2ccc(-c3ccc4cc(-c5ccc6sc7ccccc7c6c5)ccc4c3)cc21. The van der Waals surface area contributed by atoms with Gasteiger partial charge in [0.25, 0.3) is 0 Å². The Morgan fingerprint density at radius 3 is 1.42 bits per heavy atom. The number of thiophene rings is 1. The molecule has 9 aromatic rings. The maximum Gasteiger partial charge on any atom is 0.0725 e. The van der Waals surface area contributed by atoms with Crippen molar-refractivity contribution in [1.82, 2.24) is 0 Å². The quantitative estimate of drug-likeness (QED) is 0.179. The van der Waals surface area contributed by atoms with Gasteiger partial charge in [-0.25, -0.2) is 0 Å². The van der Waals surface area contributed by atoms with Crippen molar-refractivity contribution in [2.75, 3.05) is 0 Å². The van der Waals surface area contributed by atoms with Crippen LogP contribution in [0, 0.1) is 0 Å². The number of hydrogen-bond donors (Lipinski definition) is 0. The first kappa shape index (κ1) is 26.3. The summed E-state index contributed by atoms with van der Waals surface area (Å²) < 4.78 is 2.69. The number of fused-ring (bicyclic) bond motifs is 14. The lowest BCUT2D eigenvalue weighted by Gasteiger charge is -2.30. The molecule has 1 heterocycles. The molecule has 0 bridgehead atoms. The normalized spacial score (nSPS) is 13.6. The molecule has 2 aliphatic carbocycles. The summed E-state index contributed by atoms with van der Waals surface area (Å²) in [5.74, 6) is 0. The van der Waals surface area contributed by atoms with E-state index in [0.717, 1.165) is 0 Å². The van der Waals surface area contributed by atoms with Crippen LogP contribution >= 0.6 is 11.3 Å². The van der Waals surface area contributed by atoms with Gasteiger partial charge in [-0.2, -0.15) is 0 Å². The minimum Gasteiger partial charge on any atom is -0.135 e. The molecule has 11 rings (SSSR count). The Morgan fingerprint density at radius 2 is 0.771 bits per heavy atom. The second-order valence-electron chi connectivity index (χ2n) is 13.2. The van der Waals surface area contributed by atoms with Crippen molar-refractivity contribution in [1.29, 1.82) is 0 Å². The third kappa shape index (κ3) is 3.44. The van der Waals surface area contributed by atoms with Gasteiger partial charge in [0.15, 0.2) is 0 Å². The van der Waals surface area contributed by atoms with Gasteiger partial charge in [0.2, 0.25) is 0 Å². The van der Waals surface area contributed by atoms with Gasteiger partial charge in [0.05, 0.1) is 5.41 Å². The molecule has 0 saturated carbocycles. The highest BCUT2D eigenvalue weighted by molar-refractivity contribution is 7.25. The van der Waals surface area contributed by atoms with E-state index in [2.05, 4.69) is 170 Å². The van der Waals surface area contributed by atoms with Crippen LogP contribution in [0.1, 0.15) is 22.3 Å². The van der Waals surface area contributed by atoms with E-state index in [-0.39, 0.29) is 5.41 Å². The number of benzene rings is 8. The summed E-state index contributed by atoms with van der Waals surface area (Å²) in [6.45, 7) is 0. The summed E-state index contributed by atoms with van der Waals surface area (Å²) in [6, 6.07) is 63.7. The molecule has 2 aliphatic rings. The zero-order valence-electron chi connectivity index (χ0n) is 26.1. The highest BCUT2D eigenvalue weighted by atomic mass is 32.1. The second-order valence-corrected chi connectivity index (χ2v) is 14.3. The minimum absolute atomic E-state index is 0.324. The van der Waals surface area contributed by atoms with Crippen molar-refractivity contribution in [3.05, 3.63) is 192 Å². The molecule has 222 valence electrons. The first-order valence-corrected chi connectivity index (χ1v) is 17.5. The zero-order chi connectivity index (χ0) is 31.4. The summed E-state index contributed by atoms with van der Waals surface area (Å²) in [5.41, 5.74) is 15.6. The van der Waals surface area contributed by atoms with Gasteiger partial charge in [0, 0.05) is 20.2 Å². The lowest BCUT2D eigenvalue weighted by Crippen LogP contribution is -2.25. The third-order valence-electron chi connectivity index (χ3n) is 10.9. The van der Waals surface area contributed by atoms with E-state index < -0.39 is 0 Å². The third-order valence-corrected chi connectivity index (χ3v) is 12.0. The number of hydrogen-bond acceptors (Lipinski definition) is 1. The maximum atomic E-state index is 2.48. The highest BCUT2D eigenvalue weighted by Crippen LogP contribution is 2.63. The molecule has 1 aromatic heterocycles. The Balaban J connectivity index is 1.05.